The first-order valence-electron chi connectivity index (χ1n) is 5.67. The Morgan fingerprint density at radius 2 is 1.75 bits per heavy atom. The molecule has 5 nitrogen and oxygen atoms in total. The third-order valence-corrected chi connectivity index (χ3v) is 2.98. The highest BCUT2D eigenvalue weighted by Crippen LogP contribution is 2.20. The molecule has 1 aromatic rings. The van der Waals surface area contributed by atoms with E-state index in [0.717, 1.165) is 12.8 Å². The molecule has 88 valence electrons. The van der Waals surface area contributed by atoms with Gasteiger partial charge in [-0.05, 0) is 24.4 Å². The van der Waals surface area contributed by atoms with E-state index in [4.69, 9.17) is 17.3 Å². The van der Waals surface area contributed by atoms with Gasteiger partial charge in [-0.15, -0.1) is 0 Å². The first-order valence-corrected chi connectivity index (χ1v) is 6.05. The number of halogens is 1. The van der Waals surface area contributed by atoms with Crippen molar-refractivity contribution in [3.05, 3.63) is 5.28 Å². The summed E-state index contributed by atoms with van der Waals surface area (Å²) < 4.78 is 0. The van der Waals surface area contributed by atoms with Crippen LogP contribution in [0.3, 0.4) is 0 Å². The summed E-state index contributed by atoms with van der Waals surface area (Å²) in [5.74, 6) is 0.653. The lowest BCUT2D eigenvalue weighted by atomic mass is 10.1. The van der Waals surface area contributed by atoms with Gasteiger partial charge in [-0.1, -0.05) is 25.7 Å². The molecule has 1 aliphatic rings. The SMILES string of the molecule is Nc1nc(Cl)nc(NC2CCCCCC2)n1. The molecule has 0 unspecified atom stereocenters. The van der Waals surface area contributed by atoms with Gasteiger partial charge in [0.1, 0.15) is 0 Å². The highest BCUT2D eigenvalue weighted by atomic mass is 35.5. The second-order valence-electron chi connectivity index (χ2n) is 4.12. The molecular weight excluding hydrogens is 226 g/mol. The molecule has 1 fully saturated rings. The Kier molecular flexibility index (Phi) is 3.77. The monoisotopic (exact) mass is 241 g/mol. The van der Waals surface area contributed by atoms with E-state index in [9.17, 15) is 0 Å². The summed E-state index contributed by atoms with van der Waals surface area (Å²) >= 11 is 5.72. The van der Waals surface area contributed by atoms with Gasteiger partial charge in [0.05, 0.1) is 0 Å². The van der Waals surface area contributed by atoms with Gasteiger partial charge >= 0.3 is 0 Å². The maximum Gasteiger partial charge on any atom is 0.229 e. The van der Waals surface area contributed by atoms with Crippen LogP contribution < -0.4 is 11.1 Å². The van der Waals surface area contributed by atoms with E-state index in [-0.39, 0.29) is 11.2 Å². The Morgan fingerprint density at radius 3 is 2.38 bits per heavy atom. The summed E-state index contributed by atoms with van der Waals surface area (Å²) in [5.41, 5.74) is 5.51. The van der Waals surface area contributed by atoms with Crippen molar-refractivity contribution in [1.82, 2.24) is 15.0 Å². The average molecular weight is 242 g/mol. The predicted octanol–water partition coefficient (Wildman–Crippen LogP) is 2.24. The van der Waals surface area contributed by atoms with Crippen LogP contribution in [0.5, 0.6) is 0 Å². The topological polar surface area (TPSA) is 76.7 Å². The van der Waals surface area contributed by atoms with Gasteiger partial charge in [-0.2, -0.15) is 15.0 Å². The van der Waals surface area contributed by atoms with Gasteiger partial charge in [-0.3, -0.25) is 0 Å². The van der Waals surface area contributed by atoms with Crippen molar-refractivity contribution in [3.8, 4) is 0 Å². The maximum absolute atomic E-state index is 5.72. The minimum Gasteiger partial charge on any atom is -0.368 e. The summed E-state index contributed by atoms with van der Waals surface area (Å²) in [6.45, 7) is 0. The predicted molar refractivity (Wildman–Crippen MR) is 64.4 cm³/mol. The van der Waals surface area contributed by atoms with Crippen molar-refractivity contribution in [1.29, 1.82) is 0 Å². The normalized spacial score (nSPS) is 18.1. The minimum atomic E-state index is 0.142. The van der Waals surface area contributed by atoms with Gasteiger partial charge in [0.2, 0.25) is 17.2 Å². The van der Waals surface area contributed by atoms with Crippen LogP contribution in [-0.4, -0.2) is 21.0 Å². The lowest BCUT2D eigenvalue weighted by Crippen LogP contribution is -2.20. The van der Waals surface area contributed by atoms with E-state index in [2.05, 4.69) is 20.3 Å². The number of aromatic nitrogens is 3. The van der Waals surface area contributed by atoms with E-state index in [0.29, 0.717) is 12.0 Å². The van der Waals surface area contributed by atoms with Crippen molar-refractivity contribution in [2.45, 2.75) is 44.6 Å². The summed E-state index contributed by atoms with van der Waals surface area (Å²) in [6, 6.07) is 0.431. The molecular formula is C10H16ClN5. The van der Waals surface area contributed by atoms with Crippen LogP contribution in [0.25, 0.3) is 0 Å². The Labute approximate surface area is 99.8 Å². The largest absolute Gasteiger partial charge is 0.368 e. The zero-order valence-corrected chi connectivity index (χ0v) is 9.87. The van der Waals surface area contributed by atoms with E-state index >= 15 is 0 Å². The molecule has 0 atom stereocenters. The molecule has 0 radical (unpaired) electrons. The number of rotatable bonds is 2. The third kappa shape index (κ3) is 3.20. The maximum atomic E-state index is 5.72. The van der Waals surface area contributed by atoms with Gasteiger partial charge < -0.3 is 11.1 Å². The first-order chi connectivity index (χ1) is 7.74. The van der Waals surface area contributed by atoms with E-state index < -0.39 is 0 Å². The summed E-state index contributed by atoms with van der Waals surface area (Å²) in [5, 5.41) is 3.42. The van der Waals surface area contributed by atoms with Crippen LogP contribution in [0.2, 0.25) is 5.28 Å². The van der Waals surface area contributed by atoms with Crippen LogP contribution in [-0.2, 0) is 0 Å². The van der Waals surface area contributed by atoms with E-state index in [1.54, 1.807) is 0 Å². The van der Waals surface area contributed by atoms with Crippen molar-refractivity contribution >= 4 is 23.5 Å². The summed E-state index contributed by atoms with van der Waals surface area (Å²) in [7, 11) is 0. The van der Waals surface area contributed by atoms with Crippen molar-refractivity contribution in [2.75, 3.05) is 11.1 Å². The zero-order valence-electron chi connectivity index (χ0n) is 9.12. The molecule has 6 heteroatoms. The fourth-order valence-corrected chi connectivity index (χ4v) is 2.20. The number of nitrogens with zero attached hydrogens (tertiary/aromatic N) is 3. The highest BCUT2D eigenvalue weighted by Gasteiger charge is 2.13. The van der Waals surface area contributed by atoms with Gasteiger partial charge in [-0.25, -0.2) is 0 Å². The second-order valence-corrected chi connectivity index (χ2v) is 4.46. The number of hydrogen-bond acceptors (Lipinski definition) is 5. The fourth-order valence-electron chi connectivity index (χ4n) is 2.04. The van der Waals surface area contributed by atoms with Gasteiger partial charge in [0, 0.05) is 6.04 Å². The fraction of sp³-hybridized carbons (Fsp3) is 0.700. The Balaban J connectivity index is 2.01. The summed E-state index contributed by atoms with van der Waals surface area (Å²) in [4.78, 5) is 11.8. The molecule has 3 N–H and O–H groups in total. The number of hydrogen-bond donors (Lipinski definition) is 2. The molecule has 0 aromatic carbocycles. The first kappa shape index (κ1) is 11.4. The second kappa shape index (κ2) is 5.30. The average Bonchev–Trinajstić information content (AvgIpc) is 2.44. The zero-order chi connectivity index (χ0) is 11.4. The third-order valence-electron chi connectivity index (χ3n) is 2.81. The van der Waals surface area contributed by atoms with Crippen molar-refractivity contribution in [2.24, 2.45) is 0 Å². The van der Waals surface area contributed by atoms with Crippen LogP contribution in [0, 0.1) is 0 Å². The molecule has 2 rings (SSSR count). The van der Waals surface area contributed by atoms with Crippen LogP contribution >= 0.6 is 11.6 Å². The molecule has 1 saturated carbocycles. The van der Waals surface area contributed by atoms with Gasteiger partial charge in [0.25, 0.3) is 0 Å². The number of nitrogen functional groups attached to an aromatic ring is 1. The van der Waals surface area contributed by atoms with Crippen LogP contribution in [0.1, 0.15) is 38.5 Å². The number of anilines is 2. The Bertz CT molecular complexity index is 329. The molecule has 0 aliphatic heterocycles. The quantitative estimate of drug-likeness (QED) is 0.777. The summed E-state index contributed by atoms with van der Waals surface area (Å²) in [6.07, 6.45) is 7.46. The number of nitrogens with one attached hydrogen (secondary N) is 1. The standard InChI is InChI=1S/C10H16ClN5/c11-8-14-9(12)16-10(15-8)13-7-5-3-1-2-4-6-7/h7H,1-6H2,(H3,12,13,14,15,16). The van der Waals surface area contributed by atoms with Crippen molar-refractivity contribution in [3.63, 3.8) is 0 Å². The molecule has 0 amide bonds. The number of nitrogens with two attached hydrogens (primary N) is 1. The Hall–Kier alpha value is -1.10. The minimum absolute atomic E-state index is 0.142. The molecule has 0 saturated heterocycles. The van der Waals surface area contributed by atoms with Crippen LogP contribution in [0.15, 0.2) is 0 Å². The lowest BCUT2D eigenvalue weighted by molar-refractivity contribution is 0.614. The van der Waals surface area contributed by atoms with Crippen molar-refractivity contribution < 1.29 is 0 Å². The molecule has 1 heterocycles. The highest BCUT2D eigenvalue weighted by molar-refractivity contribution is 6.28. The lowest BCUT2D eigenvalue weighted by Gasteiger charge is -2.15. The molecule has 0 spiro atoms. The molecule has 0 bridgehead atoms. The van der Waals surface area contributed by atoms with Gasteiger partial charge in [0.15, 0.2) is 0 Å². The molecule has 1 aliphatic carbocycles. The Morgan fingerprint density at radius 1 is 1.06 bits per heavy atom. The van der Waals surface area contributed by atoms with E-state index in [1.807, 2.05) is 0 Å². The van der Waals surface area contributed by atoms with E-state index in [1.165, 1.54) is 25.7 Å². The molecule has 16 heavy (non-hydrogen) atoms. The van der Waals surface area contributed by atoms with Crippen LogP contribution in [0.4, 0.5) is 11.9 Å². The smallest absolute Gasteiger partial charge is 0.229 e. The molecule has 1 aromatic heterocycles.